The van der Waals surface area contributed by atoms with Gasteiger partial charge in [0.1, 0.15) is 0 Å². The molecule has 0 saturated carbocycles. The molecule has 1 aliphatic rings. The Morgan fingerprint density at radius 1 is 1.39 bits per heavy atom. The molecule has 1 unspecified atom stereocenters. The first-order valence-corrected chi connectivity index (χ1v) is 6.39. The Balaban J connectivity index is 0.00000289. The van der Waals surface area contributed by atoms with E-state index in [2.05, 4.69) is 10.6 Å². The molecule has 1 fully saturated rings. The number of carbonyl (C=O) groups is 2. The van der Waals surface area contributed by atoms with E-state index in [9.17, 15) is 9.59 Å². The van der Waals surface area contributed by atoms with Crippen molar-refractivity contribution in [3.8, 4) is 0 Å². The van der Waals surface area contributed by atoms with E-state index >= 15 is 0 Å². The van der Waals surface area contributed by atoms with Crippen LogP contribution >= 0.6 is 12.4 Å². The Morgan fingerprint density at radius 2 is 2.11 bits per heavy atom. The minimum atomic E-state index is 0. The Bertz CT molecular complexity index is 274. The topological polar surface area (TPSA) is 61.4 Å². The zero-order valence-corrected chi connectivity index (χ0v) is 12.0. The van der Waals surface area contributed by atoms with Crippen LogP contribution in [0.15, 0.2) is 0 Å². The fourth-order valence-corrected chi connectivity index (χ4v) is 2.11. The first kappa shape index (κ1) is 17.2. The van der Waals surface area contributed by atoms with Crippen LogP contribution in [0.2, 0.25) is 0 Å². The van der Waals surface area contributed by atoms with Gasteiger partial charge in [-0.2, -0.15) is 0 Å². The van der Waals surface area contributed by atoms with Crippen molar-refractivity contribution in [2.24, 2.45) is 0 Å². The molecule has 0 aromatic heterocycles. The lowest BCUT2D eigenvalue weighted by atomic mass is 10.1. The minimum absolute atomic E-state index is 0. The zero-order chi connectivity index (χ0) is 12.7. The maximum atomic E-state index is 11.7. The fraction of sp³-hybridized carbons (Fsp3) is 0.833. The number of rotatable bonds is 5. The smallest absolute Gasteiger partial charge is 0.236 e. The number of halogens is 1. The monoisotopic (exact) mass is 277 g/mol. The molecule has 1 rings (SSSR count). The van der Waals surface area contributed by atoms with Gasteiger partial charge in [-0.25, -0.2) is 0 Å². The van der Waals surface area contributed by atoms with Crippen molar-refractivity contribution in [1.82, 2.24) is 15.5 Å². The molecular weight excluding hydrogens is 254 g/mol. The van der Waals surface area contributed by atoms with Crippen molar-refractivity contribution < 1.29 is 9.59 Å². The lowest BCUT2D eigenvalue weighted by molar-refractivity contribution is -0.132. The van der Waals surface area contributed by atoms with E-state index < -0.39 is 0 Å². The summed E-state index contributed by atoms with van der Waals surface area (Å²) in [5.74, 6) is 0.211. The van der Waals surface area contributed by atoms with E-state index in [1.54, 1.807) is 7.05 Å². The number of nitrogens with zero attached hydrogens (tertiary/aromatic N) is 1. The van der Waals surface area contributed by atoms with Crippen molar-refractivity contribution in [1.29, 1.82) is 0 Å². The van der Waals surface area contributed by atoms with Gasteiger partial charge in [0.2, 0.25) is 11.8 Å². The number of amides is 2. The molecule has 0 aromatic carbocycles. The van der Waals surface area contributed by atoms with E-state index in [4.69, 9.17) is 0 Å². The molecule has 106 valence electrons. The van der Waals surface area contributed by atoms with Gasteiger partial charge in [0, 0.05) is 25.6 Å². The highest BCUT2D eigenvalue weighted by Gasteiger charge is 2.23. The van der Waals surface area contributed by atoms with Crippen molar-refractivity contribution in [3.63, 3.8) is 0 Å². The normalized spacial score (nSPS) is 19.0. The largest absolute Gasteiger partial charge is 0.352 e. The quantitative estimate of drug-likeness (QED) is 0.771. The lowest BCUT2D eigenvalue weighted by Crippen LogP contribution is -2.51. The Labute approximate surface area is 115 Å². The van der Waals surface area contributed by atoms with Gasteiger partial charge < -0.3 is 15.5 Å². The summed E-state index contributed by atoms with van der Waals surface area (Å²) < 4.78 is 0. The van der Waals surface area contributed by atoms with Gasteiger partial charge in [-0.05, 0) is 26.3 Å². The molecule has 1 saturated heterocycles. The Kier molecular flexibility index (Phi) is 8.75. The van der Waals surface area contributed by atoms with E-state index in [1.807, 2.05) is 11.8 Å². The summed E-state index contributed by atoms with van der Waals surface area (Å²) in [7, 11) is 1.77. The van der Waals surface area contributed by atoms with Gasteiger partial charge in [0.25, 0.3) is 0 Å². The number of hydrogen-bond donors (Lipinski definition) is 2. The van der Waals surface area contributed by atoms with Gasteiger partial charge in [-0.1, -0.05) is 6.92 Å². The van der Waals surface area contributed by atoms with Crippen LogP contribution in [0.25, 0.3) is 0 Å². The summed E-state index contributed by atoms with van der Waals surface area (Å²) in [6.07, 6.45) is 3.37. The van der Waals surface area contributed by atoms with Gasteiger partial charge >= 0.3 is 0 Å². The van der Waals surface area contributed by atoms with Crippen LogP contribution < -0.4 is 10.6 Å². The van der Waals surface area contributed by atoms with Crippen molar-refractivity contribution in [2.75, 3.05) is 26.7 Å². The summed E-state index contributed by atoms with van der Waals surface area (Å²) in [4.78, 5) is 25.0. The van der Waals surface area contributed by atoms with E-state index in [0.717, 1.165) is 25.8 Å². The van der Waals surface area contributed by atoms with E-state index in [1.165, 1.54) is 0 Å². The molecule has 0 bridgehead atoms. The summed E-state index contributed by atoms with van der Waals surface area (Å²) in [6, 6.07) is 0.128. The summed E-state index contributed by atoms with van der Waals surface area (Å²) in [5, 5.41) is 5.86. The average Bonchev–Trinajstić information content (AvgIpc) is 2.30. The number of likely N-dealkylation sites (tertiary alicyclic amines) is 1. The van der Waals surface area contributed by atoms with Crippen LogP contribution in [0, 0.1) is 0 Å². The summed E-state index contributed by atoms with van der Waals surface area (Å²) >= 11 is 0. The number of carbonyl (C=O) groups excluding carboxylic acids is 2. The molecule has 5 nitrogen and oxygen atoms in total. The van der Waals surface area contributed by atoms with Crippen LogP contribution in [-0.2, 0) is 9.59 Å². The standard InChI is InChI=1S/C12H23N3O2.ClH/c1-3-5-11(16)14-10-6-4-7-15(9-10)12(17)8-13-2;/h10,13H,3-9H2,1-2H3,(H,14,16);1H. The highest BCUT2D eigenvalue weighted by atomic mass is 35.5. The number of likely N-dealkylation sites (N-methyl/N-ethyl adjacent to an activating group) is 1. The molecular formula is C12H24ClN3O2. The van der Waals surface area contributed by atoms with Crippen molar-refractivity contribution in [2.45, 2.75) is 38.6 Å². The Hall–Kier alpha value is -0.810. The molecule has 6 heteroatoms. The summed E-state index contributed by atoms with van der Waals surface area (Å²) in [6.45, 7) is 3.81. The number of hydrogen-bond acceptors (Lipinski definition) is 3. The maximum absolute atomic E-state index is 11.7. The van der Waals surface area contributed by atoms with Crippen LogP contribution in [0.5, 0.6) is 0 Å². The molecule has 1 heterocycles. The third-order valence-corrected chi connectivity index (χ3v) is 2.94. The fourth-order valence-electron chi connectivity index (χ4n) is 2.11. The number of nitrogens with one attached hydrogen (secondary N) is 2. The Morgan fingerprint density at radius 3 is 2.72 bits per heavy atom. The third kappa shape index (κ3) is 5.69. The molecule has 0 spiro atoms. The highest BCUT2D eigenvalue weighted by Crippen LogP contribution is 2.10. The molecule has 1 atom stereocenters. The second-order valence-corrected chi connectivity index (χ2v) is 4.53. The molecule has 0 radical (unpaired) electrons. The second-order valence-electron chi connectivity index (χ2n) is 4.53. The minimum Gasteiger partial charge on any atom is -0.352 e. The zero-order valence-electron chi connectivity index (χ0n) is 11.2. The van der Waals surface area contributed by atoms with Gasteiger partial charge in [-0.3, -0.25) is 9.59 Å². The van der Waals surface area contributed by atoms with Gasteiger partial charge in [-0.15, -0.1) is 12.4 Å². The molecule has 18 heavy (non-hydrogen) atoms. The lowest BCUT2D eigenvalue weighted by Gasteiger charge is -2.33. The third-order valence-electron chi connectivity index (χ3n) is 2.94. The highest BCUT2D eigenvalue weighted by molar-refractivity contribution is 5.85. The maximum Gasteiger partial charge on any atom is 0.236 e. The molecule has 0 aromatic rings. The molecule has 2 N–H and O–H groups in total. The average molecular weight is 278 g/mol. The first-order chi connectivity index (χ1) is 8.17. The van der Waals surface area contributed by atoms with Gasteiger partial charge in [0.15, 0.2) is 0 Å². The van der Waals surface area contributed by atoms with Crippen LogP contribution in [0.4, 0.5) is 0 Å². The van der Waals surface area contributed by atoms with Crippen molar-refractivity contribution >= 4 is 24.2 Å². The van der Waals surface area contributed by atoms with Crippen molar-refractivity contribution in [3.05, 3.63) is 0 Å². The second kappa shape index (κ2) is 9.16. The van der Waals surface area contributed by atoms with Gasteiger partial charge in [0.05, 0.1) is 6.54 Å². The SMILES string of the molecule is CCCC(=O)NC1CCCN(C(=O)CNC)C1.Cl. The molecule has 2 amide bonds. The predicted octanol–water partition coefficient (Wildman–Crippen LogP) is 0.535. The van der Waals surface area contributed by atoms with E-state index in [0.29, 0.717) is 19.5 Å². The van der Waals surface area contributed by atoms with Crippen LogP contribution in [0.1, 0.15) is 32.6 Å². The molecule has 1 aliphatic heterocycles. The van der Waals surface area contributed by atoms with Crippen LogP contribution in [0.3, 0.4) is 0 Å². The van der Waals surface area contributed by atoms with E-state index in [-0.39, 0.29) is 30.3 Å². The first-order valence-electron chi connectivity index (χ1n) is 6.39. The molecule has 0 aliphatic carbocycles. The number of piperidine rings is 1. The predicted molar refractivity (Wildman–Crippen MR) is 73.8 cm³/mol. The van der Waals surface area contributed by atoms with Crippen LogP contribution in [-0.4, -0.2) is 49.4 Å². The summed E-state index contributed by atoms with van der Waals surface area (Å²) in [5.41, 5.74) is 0.